The fourth-order valence-electron chi connectivity index (χ4n) is 3.61. The molecule has 0 saturated carbocycles. The van der Waals surface area contributed by atoms with Crippen LogP contribution in [0.4, 0.5) is 10.1 Å². The van der Waals surface area contributed by atoms with Gasteiger partial charge in [0.25, 0.3) is 0 Å². The van der Waals surface area contributed by atoms with Crippen LogP contribution >= 0.6 is 0 Å². The number of aliphatic hydroxyl groups excluding tert-OH is 1. The number of nitrogens with one attached hydrogen (secondary N) is 1. The fourth-order valence-corrected chi connectivity index (χ4v) is 3.61. The van der Waals surface area contributed by atoms with Crippen molar-refractivity contribution in [1.82, 2.24) is 5.32 Å². The lowest BCUT2D eigenvalue weighted by atomic mass is 9.71. The predicted molar refractivity (Wildman–Crippen MR) is 78.3 cm³/mol. The van der Waals surface area contributed by atoms with E-state index in [4.69, 9.17) is 0 Å². The summed E-state index contributed by atoms with van der Waals surface area (Å²) < 4.78 is 14.3. The molecule has 2 saturated heterocycles. The third-order valence-corrected chi connectivity index (χ3v) is 5.06. The Labute approximate surface area is 119 Å². The number of piperidine rings is 2. The Morgan fingerprint density at radius 1 is 1.15 bits per heavy atom. The summed E-state index contributed by atoms with van der Waals surface area (Å²) in [5, 5.41) is 12.6. The molecule has 0 aromatic heterocycles. The number of nitrogens with zero attached hydrogens (tertiary/aromatic N) is 1. The van der Waals surface area contributed by atoms with Crippen molar-refractivity contribution < 1.29 is 9.50 Å². The molecule has 0 unspecified atom stereocenters. The summed E-state index contributed by atoms with van der Waals surface area (Å²) in [6, 6.07) is 5.31. The first-order valence-corrected chi connectivity index (χ1v) is 7.58. The molecule has 2 aliphatic heterocycles. The normalized spacial score (nSPS) is 22.2. The van der Waals surface area contributed by atoms with E-state index in [2.05, 4.69) is 10.2 Å². The molecule has 20 heavy (non-hydrogen) atoms. The summed E-state index contributed by atoms with van der Waals surface area (Å²) in [4.78, 5) is 2.14. The van der Waals surface area contributed by atoms with Gasteiger partial charge in [0.15, 0.2) is 5.82 Å². The highest BCUT2D eigenvalue weighted by Crippen LogP contribution is 2.41. The molecule has 3 nitrogen and oxygen atoms in total. The van der Waals surface area contributed by atoms with Crippen molar-refractivity contribution in [2.24, 2.45) is 5.41 Å². The molecule has 2 heterocycles. The Kier molecular flexibility index (Phi) is 3.94. The molecular formula is C16H23FN2O. The third kappa shape index (κ3) is 2.54. The third-order valence-electron chi connectivity index (χ3n) is 5.06. The van der Waals surface area contributed by atoms with Crippen molar-refractivity contribution in [3.63, 3.8) is 0 Å². The maximum absolute atomic E-state index is 14.3. The van der Waals surface area contributed by atoms with Crippen molar-refractivity contribution in [2.45, 2.75) is 32.3 Å². The predicted octanol–water partition coefficient (Wildman–Crippen LogP) is 2.29. The summed E-state index contributed by atoms with van der Waals surface area (Å²) in [5.41, 5.74) is 1.53. The van der Waals surface area contributed by atoms with Crippen molar-refractivity contribution in [1.29, 1.82) is 0 Å². The van der Waals surface area contributed by atoms with E-state index in [9.17, 15) is 9.50 Å². The van der Waals surface area contributed by atoms with E-state index in [0.29, 0.717) is 16.7 Å². The smallest absolute Gasteiger partial charge is 0.151 e. The van der Waals surface area contributed by atoms with Gasteiger partial charge in [0.05, 0.1) is 12.3 Å². The second-order valence-corrected chi connectivity index (χ2v) is 6.15. The molecule has 0 amide bonds. The number of anilines is 1. The van der Waals surface area contributed by atoms with Crippen LogP contribution in [0.25, 0.3) is 0 Å². The maximum Gasteiger partial charge on any atom is 0.151 e. The minimum absolute atomic E-state index is 0.233. The number of aliphatic hydroxyl groups is 1. The molecule has 0 bridgehead atoms. The topological polar surface area (TPSA) is 35.5 Å². The summed E-state index contributed by atoms with van der Waals surface area (Å²) in [6.07, 6.45) is 4.80. The van der Waals surface area contributed by atoms with Gasteiger partial charge in [-0.05, 0) is 50.3 Å². The van der Waals surface area contributed by atoms with Crippen molar-refractivity contribution in [3.05, 3.63) is 29.6 Å². The van der Waals surface area contributed by atoms with Crippen LogP contribution in [0.15, 0.2) is 18.2 Å². The van der Waals surface area contributed by atoms with Gasteiger partial charge in [-0.3, -0.25) is 0 Å². The number of rotatable bonds is 2. The van der Waals surface area contributed by atoms with Crippen LogP contribution in [-0.2, 0) is 6.61 Å². The van der Waals surface area contributed by atoms with Crippen LogP contribution in [0, 0.1) is 11.2 Å². The van der Waals surface area contributed by atoms with Gasteiger partial charge >= 0.3 is 0 Å². The Balaban J connectivity index is 1.72. The van der Waals surface area contributed by atoms with E-state index in [1.165, 1.54) is 12.8 Å². The fraction of sp³-hybridized carbons (Fsp3) is 0.625. The number of hydrogen-bond donors (Lipinski definition) is 2. The van der Waals surface area contributed by atoms with Crippen LogP contribution in [0.1, 0.15) is 31.2 Å². The molecular weight excluding hydrogens is 255 g/mol. The Bertz CT molecular complexity index is 462. The van der Waals surface area contributed by atoms with Gasteiger partial charge < -0.3 is 15.3 Å². The monoisotopic (exact) mass is 278 g/mol. The summed E-state index contributed by atoms with van der Waals surface area (Å²) >= 11 is 0. The number of benzene rings is 1. The minimum atomic E-state index is -0.253. The van der Waals surface area contributed by atoms with Crippen LogP contribution < -0.4 is 10.2 Å². The van der Waals surface area contributed by atoms with Gasteiger partial charge in [-0.15, -0.1) is 0 Å². The standard InChI is InChI=1S/C16H23FN2O/c17-15-13(12-20)2-1-3-14(15)19-10-6-16(7-11-19)4-8-18-9-5-16/h1-3,18,20H,4-12H2. The lowest BCUT2D eigenvalue weighted by molar-refractivity contribution is 0.154. The Hall–Kier alpha value is -1.13. The molecule has 0 atom stereocenters. The van der Waals surface area contributed by atoms with Crippen LogP contribution in [0.3, 0.4) is 0 Å². The molecule has 0 aliphatic carbocycles. The largest absolute Gasteiger partial charge is 0.392 e. The summed E-state index contributed by atoms with van der Waals surface area (Å²) in [5.74, 6) is -0.253. The van der Waals surface area contributed by atoms with Gasteiger partial charge in [0, 0.05) is 18.7 Å². The van der Waals surface area contributed by atoms with Gasteiger partial charge in [0.1, 0.15) is 0 Å². The van der Waals surface area contributed by atoms with Crippen molar-refractivity contribution in [2.75, 3.05) is 31.1 Å². The first-order chi connectivity index (χ1) is 9.74. The Morgan fingerprint density at radius 3 is 2.50 bits per heavy atom. The zero-order valence-corrected chi connectivity index (χ0v) is 11.9. The van der Waals surface area contributed by atoms with E-state index >= 15 is 0 Å². The highest BCUT2D eigenvalue weighted by molar-refractivity contribution is 5.50. The molecule has 2 fully saturated rings. The molecule has 3 rings (SSSR count). The molecule has 2 N–H and O–H groups in total. The maximum atomic E-state index is 14.3. The van der Waals surface area contributed by atoms with Crippen LogP contribution in [-0.4, -0.2) is 31.3 Å². The van der Waals surface area contributed by atoms with Gasteiger partial charge in [-0.1, -0.05) is 12.1 Å². The van der Waals surface area contributed by atoms with Crippen molar-refractivity contribution in [3.8, 4) is 0 Å². The average molecular weight is 278 g/mol. The number of halogens is 1. The molecule has 1 aromatic rings. The average Bonchev–Trinajstić information content (AvgIpc) is 2.50. The first kappa shape index (κ1) is 13.8. The second kappa shape index (κ2) is 5.70. The minimum Gasteiger partial charge on any atom is -0.392 e. The van der Waals surface area contributed by atoms with E-state index in [1.54, 1.807) is 6.07 Å². The van der Waals surface area contributed by atoms with Gasteiger partial charge in [0.2, 0.25) is 0 Å². The zero-order chi connectivity index (χ0) is 14.0. The number of hydrogen-bond acceptors (Lipinski definition) is 3. The summed E-state index contributed by atoms with van der Waals surface area (Å²) in [7, 11) is 0. The highest BCUT2D eigenvalue weighted by Gasteiger charge is 2.36. The molecule has 2 aliphatic rings. The quantitative estimate of drug-likeness (QED) is 0.871. The second-order valence-electron chi connectivity index (χ2n) is 6.15. The van der Waals surface area contributed by atoms with E-state index in [1.807, 2.05) is 12.1 Å². The summed E-state index contributed by atoms with van der Waals surface area (Å²) in [6.45, 7) is 3.85. The molecule has 1 spiro atoms. The molecule has 110 valence electrons. The SMILES string of the molecule is OCc1cccc(N2CCC3(CCNCC3)CC2)c1F. The lowest BCUT2D eigenvalue weighted by Crippen LogP contribution is -2.45. The van der Waals surface area contributed by atoms with Crippen LogP contribution in [0.2, 0.25) is 0 Å². The molecule has 0 radical (unpaired) electrons. The van der Waals surface area contributed by atoms with E-state index < -0.39 is 0 Å². The Morgan fingerprint density at radius 2 is 1.85 bits per heavy atom. The zero-order valence-electron chi connectivity index (χ0n) is 11.9. The van der Waals surface area contributed by atoms with E-state index in [-0.39, 0.29) is 12.4 Å². The van der Waals surface area contributed by atoms with Crippen molar-refractivity contribution >= 4 is 5.69 Å². The van der Waals surface area contributed by atoms with Gasteiger partial charge in [-0.2, -0.15) is 0 Å². The molecule has 4 heteroatoms. The molecule has 1 aromatic carbocycles. The highest BCUT2D eigenvalue weighted by atomic mass is 19.1. The van der Waals surface area contributed by atoms with E-state index in [0.717, 1.165) is 39.0 Å². The first-order valence-electron chi connectivity index (χ1n) is 7.58. The van der Waals surface area contributed by atoms with Crippen LogP contribution in [0.5, 0.6) is 0 Å². The van der Waals surface area contributed by atoms with Gasteiger partial charge in [-0.25, -0.2) is 4.39 Å². The lowest BCUT2D eigenvalue weighted by Gasteiger charge is -2.45.